The lowest BCUT2D eigenvalue weighted by molar-refractivity contribution is -0.123. The number of anilines is 1. The molecular weight excluding hydrogens is 374 g/mol. The molecule has 2 heterocycles. The van der Waals surface area contributed by atoms with Gasteiger partial charge in [-0.3, -0.25) is 4.79 Å². The number of thiophene rings is 1. The Morgan fingerprint density at radius 2 is 1.93 bits per heavy atom. The van der Waals surface area contributed by atoms with Gasteiger partial charge in [0, 0.05) is 17.2 Å². The molecule has 7 heteroatoms. The predicted octanol–water partition coefficient (Wildman–Crippen LogP) is 4.58. The minimum atomic E-state index is -0.503. The molecule has 0 aliphatic heterocycles. The van der Waals surface area contributed by atoms with Gasteiger partial charge in [-0.05, 0) is 30.7 Å². The van der Waals surface area contributed by atoms with Crippen LogP contribution >= 0.6 is 11.3 Å². The Morgan fingerprint density at radius 1 is 1.21 bits per heavy atom. The van der Waals surface area contributed by atoms with Gasteiger partial charge >= 0.3 is 5.97 Å². The van der Waals surface area contributed by atoms with E-state index in [-0.39, 0.29) is 12.5 Å². The van der Waals surface area contributed by atoms with Gasteiger partial charge in [0.25, 0.3) is 0 Å². The lowest BCUT2D eigenvalue weighted by Gasteiger charge is -2.16. The smallest absolute Gasteiger partial charge is 0.348 e. The van der Waals surface area contributed by atoms with E-state index in [0.717, 1.165) is 16.8 Å². The van der Waals surface area contributed by atoms with Gasteiger partial charge in [0.15, 0.2) is 0 Å². The van der Waals surface area contributed by atoms with E-state index >= 15 is 0 Å². The first-order valence-electron chi connectivity index (χ1n) is 8.92. The lowest BCUT2D eigenvalue weighted by Crippen LogP contribution is -2.27. The molecule has 28 heavy (non-hydrogen) atoms. The zero-order chi connectivity index (χ0) is 20.3. The summed E-state index contributed by atoms with van der Waals surface area (Å²) in [6.07, 6.45) is 3.51. The number of hydrogen-bond donors (Lipinski definition) is 1. The molecule has 0 spiro atoms. The molecule has 0 radical (unpaired) electrons. The minimum Gasteiger partial charge on any atom is -0.457 e. The molecule has 1 amide bonds. The van der Waals surface area contributed by atoms with Gasteiger partial charge in [-0.2, -0.15) is 5.10 Å². The SMILES string of the molecule is Cc1cc(NC(=O)C(C)(C)C)sc1C(=O)OCc1cnn(-c2ccccc2)c1. The Bertz CT molecular complexity index is 984. The van der Waals surface area contributed by atoms with Crippen molar-refractivity contribution in [2.24, 2.45) is 5.41 Å². The van der Waals surface area contributed by atoms with Crippen LogP contribution < -0.4 is 5.32 Å². The van der Waals surface area contributed by atoms with Crippen molar-refractivity contribution in [3.05, 3.63) is 64.8 Å². The summed E-state index contributed by atoms with van der Waals surface area (Å²) in [5, 5.41) is 7.79. The van der Waals surface area contributed by atoms with Crippen molar-refractivity contribution in [2.75, 3.05) is 5.32 Å². The van der Waals surface area contributed by atoms with E-state index < -0.39 is 11.4 Å². The Balaban J connectivity index is 1.63. The third-order valence-electron chi connectivity index (χ3n) is 4.05. The summed E-state index contributed by atoms with van der Waals surface area (Å²) in [4.78, 5) is 25.1. The molecule has 0 saturated heterocycles. The number of esters is 1. The fraction of sp³-hybridized carbons (Fsp3) is 0.286. The topological polar surface area (TPSA) is 73.2 Å². The Labute approximate surface area is 168 Å². The molecule has 0 fully saturated rings. The van der Waals surface area contributed by atoms with Crippen molar-refractivity contribution in [3.8, 4) is 5.69 Å². The zero-order valence-electron chi connectivity index (χ0n) is 16.4. The molecule has 0 saturated carbocycles. The molecule has 2 aromatic heterocycles. The second kappa shape index (κ2) is 7.98. The number of nitrogens with one attached hydrogen (secondary N) is 1. The fourth-order valence-electron chi connectivity index (χ4n) is 2.42. The van der Waals surface area contributed by atoms with E-state index in [9.17, 15) is 9.59 Å². The monoisotopic (exact) mass is 397 g/mol. The van der Waals surface area contributed by atoms with Crippen molar-refractivity contribution in [1.82, 2.24) is 9.78 Å². The van der Waals surface area contributed by atoms with Gasteiger partial charge in [0.05, 0.1) is 16.9 Å². The van der Waals surface area contributed by atoms with Gasteiger partial charge in [-0.25, -0.2) is 9.48 Å². The highest BCUT2D eigenvalue weighted by atomic mass is 32.1. The summed E-state index contributed by atoms with van der Waals surface area (Å²) in [7, 11) is 0. The summed E-state index contributed by atoms with van der Waals surface area (Å²) in [5.74, 6) is -0.506. The van der Waals surface area contributed by atoms with Gasteiger partial charge in [0.2, 0.25) is 5.91 Å². The number of hydrogen-bond acceptors (Lipinski definition) is 5. The standard InChI is InChI=1S/C21H23N3O3S/c1-14-10-17(23-20(26)21(2,3)4)28-18(14)19(25)27-13-15-11-22-24(12-15)16-8-6-5-7-9-16/h5-12H,13H2,1-4H3,(H,23,26). The van der Waals surface area contributed by atoms with Crippen LogP contribution in [0.25, 0.3) is 5.69 Å². The molecular formula is C21H23N3O3S. The van der Waals surface area contributed by atoms with Crippen molar-refractivity contribution < 1.29 is 14.3 Å². The number of carbonyl (C=O) groups excluding carboxylic acids is 2. The number of nitrogens with zero attached hydrogens (tertiary/aromatic N) is 2. The van der Waals surface area contributed by atoms with Crippen LogP contribution in [0.4, 0.5) is 5.00 Å². The Morgan fingerprint density at radius 3 is 2.61 bits per heavy atom. The Kier molecular flexibility index (Phi) is 5.65. The first-order valence-corrected chi connectivity index (χ1v) is 9.73. The highest BCUT2D eigenvalue weighted by Crippen LogP contribution is 2.29. The largest absolute Gasteiger partial charge is 0.457 e. The molecule has 1 N–H and O–H groups in total. The van der Waals surface area contributed by atoms with E-state index in [4.69, 9.17) is 4.74 Å². The first-order chi connectivity index (χ1) is 13.2. The molecule has 0 unspecified atom stereocenters. The third-order valence-corrected chi connectivity index (χ3v) is 5.18. The summed E-state index contributed by atoms with van der Waals surface area (Å²) in [6.45, 7) is 7.48. The molecule has 0 bridgehead atoms. The van der Waals surface area contributed by atoms with Crippen LogP contribution in [-0.4, -0.2) is 21.7 Å². The number of rotatable bonds is 5. The second-order valence-corrected chi connectivity index (χ2v) is 8.58. The van der Waals surface area contributed by atoms with Crippen LogP contribution in [0.3, 0.4) is 0 Å². The van der Waals surface area contributed by atoms with Gasteiger partial charge in [0.1, 0.15) is 11.5 Å². The lowest BCUT2D eigenvalue weighted by atomic mass is 9.96. The van der Waals surface area contributed by atoms with E-state index in [1.165, 1.54) is 11.3 Å². The van der Waals surface area contributed by atoms with Crippen molar-refractivity contribution in [2.45, 2.75) is 34.3 Å². The first kappa shape index (κ1) is 19.8. The molecule has 0 aliphatic rings. The summed E-state index contributed by atoms with van der Waals surface area (Å²) in [6, 6.07) is 11.5. The van der Waals surface area contributed by atoms with Crippen LogP contribution in [0.2, 0.25) is 0 Å². The van der Waals surface area contributed by atoms with E-state index in [0.29, 0.717) is 9.88 Å². The van der Waals surface area contributed by atoms with Gasteiger partial charge in [-0.15, -0.1) is 11.3 Å². The quantitative estimate of drug-likeness (QED) is 0.640. The molecule has 3 rings (SSSR count). The molecule has 0 aliphatic carbocycles. The average molecular weight is 398 g/mol. The Hall–Kier alpha value is -2.93. The van der Waals surface area contributed by atoms with E-state index in [2.05, 4.69) is 10.4 Å². The van der Waals surface area contributed by atoms with Crippen LogP contribution in [0.5, 0.6) is 0 Å². The van der Waals surface area contributed by atoms with Crippen molar-refractivity contribution >= 4 is 28.2 Å². The summed E-state index contributed by atoms with van der Waals surface area (Å²) >= 11 is 1.22. The number of amides is 1. The molecule has 3 aromatic rings. The van der Waals surface area contributed by atoms with Crippen LogP contribution in [0.1, 0.15) is 41.6 Å². The molecule has 146 valence electrons. The maximum Gasteiger partial charge on any atom is 0.348 e. The number of benzene rings is 1. The van der Waals surface area contributed by atoms with Crippen LogP contribution in [-0.2, 0) is 16.1 Å². The second-order valence-electron chi connectivity index (χ2n) is 7.53. The molecule has 0 atom stereocenters. The number of carbonyl (C=O) groups is 2. The molecule has 1 aromatic carbocycles. The maximum atomic E-state index is 12.5. The fourth-order valence-corrected chi connectivity index (χ4v) is 3.38. The summed E-state index contributed by atoms with van der Waals surface area (Å²) < 4.78 is 7.17. The van der Waals surface area contributed by atoms with Crippen molar-refractivity contribution in [1.29, 1.82) is 0 Å². The van der Waals surface area contributed by atoms with Crippen molar-refractivity contribution in [3.63, 3.8) is 0 Å². The van der Waals surface area contributed by atoms with Gasteiger partial charge in [-0.1, -0.05) is 39.0 Å². The summed E-state index contributed by atoms with van der Waals surface area (Å²) in [5.41, 5.74) is 2.01. The number of para-hydroxylation sites is 1. The predicted molar refractivity (Wildman–Crippen MR) is 110 cm³/mol. The van der Waals surface area contributed by atoms with E-state index in [1.54, 1.807) is 16.9 Å². The normalized spacial score (nSPS) is 11.3. The van der Waals surface area contributed by atoms with Gasteiger partial charge < -0.3 is 10.1 Å². The minimum absolute atomic E-state index is 0.0954. The number of aromatic nitrogens is 2. The number of ether oxygens (including phenoxy) is 1. The zero-order valence-corrected chi connectivity index (χ0v) is 17.2. The van der Waals surface area contributed by atoms with Crippen LogP contribution in [0.15, 0.2) is 48.8 Å². The molecule has 6 nitrogen and oxygen atoms in total. The third kappa shape index (κ3) is 4.67. The highest BCUT2D eigenvalue weighted by Gasteiger charge is 2.23. The number of aryl methyl sites for hydroxylation is 1. The highest BCUT2D eigenvalue weighted by molar-refractivity contribution is 7.18. The van der Waals surface area contributed by atoms with E-state index in [1.807, 2.05) is 64.2 Å². The van der Waals surface area contributed by atoms with Crippen LogP contribution in [0, 0.1) is 12.3 Å². The average Bonchev–Trinajstić information content (AvgIpc) is 3.26. The maximum absolute atomic E-state index is 12.5.